The Kier molecular flexibility index (Phi) is 4.65. The quantitative estimate of drug-likeness (QED) is 0.917. The fourth-order valence-electron chi connectivity index (χ4n) is 2.71. The first kappa shape index (κ1) is 14.9. The van der Waals surface area contributed by atoms with Gasteiger partial charge in [-0.25, -0.2) is 9.78 Å². The number of thiazole rings is 1. The van der Waals surface area contributed by atoms with Crippen LogP contribution in [0.15, 0.2) is 41.8 Å². The van der Waals surface area contributed by atoms with Crippen LogP contribution >= 0.6 is 11.3 Å². The Labute approximate surface area is 133 Å². The molecule has 0 saturated carbocycles. The number of aromatic carboxylic acids is 1. The first-order valence-electron chi connectivity index (χ1n) is 7.37. The fraction of sp³-hybridized carbons (Fsp3) is 0.294. The SMILES string of the molecule is O=C(O)c1csc(CN2CCCC2/C=C/c2ccccc2)n1. The summed E-state index contributed by atoms with van der Waals surface area (Å²) >= 11 is 1.42. The second-order valence-electron chi connectivity index (χ2n) is 5.38. The molecule has 1 fully saturated rings. The molecule has 1 N–H and O–H groups in total. The number of benzene rings is 1. The average Bonchev–Trinajstić information content (AvgIpc) is 3.16. The van der Waals surface area contributed by atoms with E-state index in [1.54, 1.807) is 5.38 Å². The molecule has 0 aliphatic carbocycles. The van der Waals surface area contributed by atoms with Crippen molar-refractivity contribution in [2.75, 3.05) is 6.54 Å². The molecule has 0 radical (unpaired) electrons. The van der Waals surface area contributed by atoms with Crippen LogP contribution in [0, 0.1) is 0 Å². The van der Waals surface area contributed by atoms with Crippen LogP contribution < -0.4 is 0 Å². The minimum atomic E-state index is -0.954. The minimum Gasteiger partial charge on any atom is -0.476 e. The zero-order valence-electron chi connectivity index (χ0n) is 12.2. The standard InChI is InChI=1S/C17H18N2O2S/c20-17(21)15-12-22-16(18-15)11-19-10-4-7-14(19)9-8-13-5-2-1-3-6-13/h1-3,5-6,8-9,12,14H,4,7,10-11H2,(H,20,21)/b9-8+. The maximum absolute atomic E-state index is 10.9. The highest BCUT2D eigenvalue weighted by molar-refractivity contribution is 7.09. The van der Waals surface area contributed by atoms with Gasteiger partial charge in [0.1, 0.15) is 5.01 Å². The Bertz CT molecular complexity index is 666. The summed E-state index contributed by atoms with van der Waals surface area (Å²) in [6, 6.07) is 10.7. The lowest BCUT2D eigenvalue weighted by Gasteiger charge is -2.20. The highest BCUT2D eigenvalue weighted by Crippen LogP contribution is 2.23. The molecule has 1 atom stereocenters. The highest BCUT2D eigenvalue weighted by Gasteiger charge is 2.23. The molecule has 1 aliphatic heterocycles. The molecule has 0 bridgehead atoms. The lowest BCUT2D eigenvalue weighted by Crippen LogP contribution is -2.27. The van der Waals surface area contributed by atoms with Crippen molar-refractivity contribution in [1.82, 2.24) is 9.88 Å². The molecule has 114 valence electrons. The summed E-state index contributed by atoms with van der Waals surface area (Å²) in [6.07, 6.45) is 6.71. The number of likely N-dealkylation sites (tertiary alicyclic amines) is 1. The first-order chi connectivity index (χ1) is 10.7. The number of hydrogen-bond donors (Lipinski definition) is 1. The zero-order chi connectivity index (χ0) is 15.4. The van der Waals surface area contributed by atoms with Crippen molar-refractivity contribution in [2.45, 2.75) is 25.4 Å². The van der Waals surface area contributed by atoms with Crippen molar-refractivity contribution in [1.29, 1.82) is 0 Å². The Hall–Kier alpha value is -1.98. The summed E-state index contributed by atoms with van der Waals surface area (Å²) in [6.45, 7) is 1.76. The Morgan fingerprint density at radius 3 is 2.95 bits per heavy atom. The molecule has 2 heterocycles. The van der Waals surface area contributed by atoms with Crippen LogP contribution in [0.25, 0.3) is 6.08 Å². The summed E-state index contributed by atoms with van der Waals surface area (Å²) in [5, 5.41) is 11.4. The van der Waals surface area contributed by atoms with Crippen molar-refractivity contribution in [3.63, 3.8) is 0 Å². The first-order valence-corrected chi connectivity index (χ1v) is 8.25. The third-order valence-corrected chi connectivity index (χ3v) is 4.67. The summed E-state index contributed by atoms with van der Waals surface area (Å²) < 4.78 is 0. The molecule has 1 aromatic carbocycles. The van der Waals surface area contributed by atoms with E-state index in [1.807, 2.05) is 18.2 Å². The predicted molar refractivity (Wildman–Crippen MR) is 88.0 cm³/mol. The Morgan fingerprint density at radius 1 is 1.41 bits per heavy atom. The third kappa shape index (κ3) is 3.61. The third-order valence-electron chi connectivity index (χ3n) is 3.83. The normalized spacial score (nSPS) is 19.0. The van der Waals surface area contributed by atoms with Crippen LogP contribution in [0.5, 0.6) is 0 Å². The van der Waals surface area contributed by atoms with Gasteiger partial charge in [0, 0.05) is 11.4 Å². The van der Waals surface area contributed by atoms with E-state index >= 15 is 0 Å². The van der Waals surface area contributed by atoms with Gasteiger partial charge in [0.15, 0.2) is 5.69 Å². The lowest BCUT2D eigenvalue weighted by atomic mass is 10.1. The maximum atomic E-state index is 10.9. The molecule has 1 aromatic heterocycles. The van der Waals surface area contributed by atoms with E-state index in [1.165, 1.54) is 23.3 Å². The average molecular weight is 314 g/mol. The van der Waals surface area contributed by atoms with E-state index in [0.717, 1.165) is 24.5 Å². The van der Waals surface area contributed by atoms with E-state index in [-0.39, 0.29) is 5.69 Å². The van der Waals surface area contributed by atoms with Gasteiger partial charge in [-0.05, 0) is 24.9 Å². The van der Waals surface area contributed by atoms with Gasteiger partial charge in [-0.15, -0.1) is 11.3 Å². The predicted octanol–water partition coefficient (Wildman–Crippen LogP) is 3.52. The molecule has 1 unspecified atom stereocenters. The highest BCUT2D eigenvalue weighted by atomic mass is 32.1. The minimum absolute atomic E-state index is 0.149. The van der Waals surface area contributed by atoms with Gasteiger partial charge in [-0.3, -0.25) is 4.90 Å². The van der Waals surface area contributed by atoms with Gasteiger partial charge in [0.2, 0.25) is 0 Å². The molecular weight excluding hydrogens is 296 g/mol. The number of carbonyl (C=O) groups is 1. The molecule has 2 aromatic rings. The molecule has 1 aliphatic rings. The molecule has 4 nitrogen and oxygen atoms in total. The molecule has 0 amide bonds. The van der Waals surface area contributed by atoms with Crippen LogP contribution in [0.1, 0.15) is 33.9 Å². The summed E-state index contributed by atoms with van der Waals surface area (Å²) in [7, 11) is 0. The Morgan fingerprint density at radius 2 is 2.23 bits per heavy atom. The monoisotopic (exact) mass is 314 g/mol. The van der Waals surface area contributed by atoms with E-state index in [2.05, 4.69) is 34.2 Å². The second-order valence-corrected chi connectivity index (χ2v) is 6.32. The van der Waals surface area contributed by atoms with Crippen LogP contribution in [-0.2, 0) is 6.54 Å². The molecular formula is C17H18N2O2S. The number of hydrogen-bond acceptors (Lipinski definition) is 4. The van der Waals surface area contributed by atoms with E-state index < -0.39 is 5.97 Å². The summed E-state index contributed by atoms with van der Waals surface area (Å²) in [5.41, 5.74) is 1.35. The molecule has 0 spiro atoms. The van der Waals surface area contributed by atoms with Crippen LogP contribution in [0.3, 0.4) is 0 Å². The topological polar surface area (TPSA) is 53.4 Å². The van der Waals surface area contributed by atoms with Crippen molar-refractivity contribution in [3.05, 3.63) is 58.1 Å². The molecule has 3 rings (SSSR count). The van der Waals surface area contributed by atoms with Gasteiger partial charge in [0.05, 0.1) is 6.54 Å². The van der Waals surface area contributed by atoms with Crippen molar-refractivity contribution in [3.8, 4) is 0 Å². The van der Waals surface area contributed by atoms with Crippen molar-refractivity contribution < 1.29 is 9.90 Å². The van der Waals surface area contributed by atoms with Gasteiger partial charge >= 0.3 is 5.97 Å². The molecule has 22 heavy (non-hydrogen) atoms. The van der Waals surface area contributed by atoms with Gasteiger partial charge in [-0.2, -0.15) is 0 Å². The molecule has 5 heteroatoms. The largest absolute Gasteiger partial charge is 0.476 e. The van der Waals surface area contributed by atoms with E-state index in [0.29, 0.717) is 6.04 Å². The van der Waals surface area contributed by atoms with Gasteiger partial charge in [-0.1, -0.05) is 42.5 Å². The van der Waals surface area contributed by atoms with Crippen LogP contribution in [0.4, 0.5) is 0 Å². The Balaban J connectivity index is 1.65. The number of aromatic nitrogens is 1. The van der Waals surface area contributed by atoms with Gasteiger partial charge < -0.3 is 5.11 Å². The zero-order valence-corrected chi connectivity index (χ0v) is 13.0. The van der Waals surface area contributed by atoms with Crippen LogP contribution in [-0.4, -0.2) is 33.5 Å². The lowest BCUT2D eigenvalue weighted by molar-refractivity contribution is 0.0691. The fourth-order valence-corrected chi connectivity index (χ4v) is 3.50. The number of carboxylic acids is 1. The summed E-state index contributed by atoms with van der Waals surface area (Å²) in [4.78, 5) is 17.4. The molecule has 1 saturated heterocycles. The second kappa shape index (κ2) is 6.85. The van der Waals surface area contributed by atoms with Gasteiger partial charge in [0.25, 0.3) is 0 Å². The van der Waals surface area contributed by atoms with E-state index in [4.69, 9.17) is 5.11 Å². The number of nitrogens with zero attached hydrogens (tertiary/aromatic N) is 2. The van der Waals surface area contributed by atoms with Crippen LogP contribution in [0.2, 0.25) is 0 Å². The number of carboxylic acid groups (broad SMARTS) is 1. The van der Waals surface area contributed by atoms with E-state index in [9.17, 15) is 4.79 Å². The number of rotatable bonds is 5. The summed E-state index contributed by atoms with van der Waals surface area (Å²) in [5.74, 6) is -0.954. The maximum Gasteiger partial charge on any atom is 0.355 e. The smallest absolute Gasteiger partial charge is 0.355 e. The van der Waals surface area contributed by atoms with Crippen molar-refractivity contribution in [2.24, 2.45) is 0 Å². The van der Waals surface area contributed by atoms with Crippen molar-refractivity contribution >= 4 is 23.4 Å².